The number of nitrogens with zero attached hydrogens (tertiary/aromatic N) is 2. The first-order chi connectivity index (χ1) is 8.45. The molecular formula is C12H22N4O2. The highest BCUT2D eigenvalue weighted by Crippen LogP contribution is 2.14. The van der Waals surface area contributed by atoms with Gasteiger partial charge in [0.15, 0.2) is 0 Å². The van der Waals surface area contributed by atoms with Gasteiger partial charge in [-0.2, -0.15) is 10.5 Å². The van der Waals surface area contributed by atoms with Crippen molar-refractivity contribution >= 4 is 0 Å². The third kappa shape index (κ3) is 5.95. The molecule has 0 amide bonds. The van der Waals surface area contributed by atoms with Gasteiger partial charge in [-0.3, -0.25) is 0 Å². The fraction of sp³-hybridized carbons (Fsp3) is 0.833. The number of aliphatic hydroxyl groups is 2. The van der Waals surface area contributed by atoms with Crippen LogP contribution in [0.1, 0.15) is 39.5 Å². The van der Waals surface area contributed by atoms with Crippen LogP contribution in [-0.2, 0) is 0 Å². The van der Waals surface area contributed by atoms with Gasteiger partial charge in [0.05, 0.1) is 12.1 Å². The number of aliphatic hydroxyl groups excluding tert-OH is 2. The van der Waals surface area contributed by atoms with Crippen molar-refractivity contribution in [1.29, 1.82) is 10.5 Å². The molecule has 0 aromatic heterocycles. The predicted octanol–water partition coefficient (Wildman–Crippen LogP) is 0.190. The molecule has 0 saturated heterocycles. The number of nitrogens with one attached hydrogen (secondary N) is 2. The molecule has 6 nitrogen and oxygen atoms in total. The van der Waals surface area contributed by atoms with Crippen LogP contribution >= 0.6 is 0 Å². The molecule has 4 N–H and O–H groups in total. The Morgan fingerprint density at radius 2 is 1.22 bits per heavy atom. The van der Waals surface area contributed by atoms with Gasteiger partial charge < -0.3 is 10.2 Å². The Morgan fingerprint density at radius 1 is 0.889 bits per heavy atom. The second-order valence-electron chi connectivity index (χ2n) is 4.79. The first-order valence-corrected chi connectivity index (χ1v) is 6.04. The van der Waals surface area contributed by atoms with Gasteiger partial charge in [-0.25, -0.2) is 10.9 Å². The van der Waals surface area contributed by atoms with Gasteiger partial charge in [-0.05, 0) is 39.5 Å². The Hall–Kier alpha value is -1.18. The predicted molar refractivity (Wildman–Crippen MR) is 66.9 cm³/mol. The van der Waals surface area contributed by atoms with Crippen LogP contribution in [0.25, 0.3) is 0 Å². The van der Waals surface area contributed by atoms with E-state index < -0.39 is 11.1 Å². The normalized spacial score (nSPS) is 17.2. The summed E-state index contributed by atoms with van der Waals surface area (Å²) < 4.78 is 0. The monoisotopic (exact) mass is 254 g/mol. The summed E-state index contributed by atoms with van der Waals surface area (Å²) in [5.41, 5.74) is 4.04. The van der Waals surface area contributed by atoms with Crippen LogP contribution in [0.3, 0.4) is 0 Å². The molecule has 0 radical (unpaired) electrons. The van der Waals surface area contributed by atoms with E-state index in [0.717, 1.165) is 0 Å². The van der Waals surface area contributed by atoms with Crippen LogP contribution in [0, 0.1) is 22.7 Å². The maximum atomic E-state index is 9.10. The first-order valence-electron chi connectivity index (χ1n) is 6.04. The number of nitriles is 2. The minimum absolute atomic E-state index is 0.0268. The van der Waals surface area contributed by atoms with E-state index in [-0.39, 0.29) is 13.2 Å². The second kappa shape index (κ2) is 8.02. The molecule has 0 saturated carbocycles. The molecule has 0 aromatic carbocycles. The van der Waals surface area contributed by atoms with Crippen molar-refractivity contribution in [3.05, 3.63) is 0 Å². The zero-order chi connectivity index (χ0) is 14.1. The molecule has 0 heterocycles. The number of hydrogen-bond donors (Lipinski definition) is 4. The summed E-state index contributed by atoms with van der Waals surface area (Å²) in [6.07, 6.45) is 1.99. The molecule has 0 aliphatic rings. The average molecular weight is 254 g/mol. The summed E-state index contributed by atoms with van der Waals surface area (Å²) in [5.74, 6) is 0. The fourth-order valence-electron chi connectivity index (χ4n) is 1.43. The number of rotatable bonds is 9. The van der Waals surface area contributed by atoms with E-state index in [0.29, 0.717) is 25.7 Å². The van der Waals surface area contributed by atoms with Crippen molar-refractivity contribution in [2.75, 3.05) is 13.2 Å². The van der Waals surface area contributed by atoms with Crippen LogP contribution in [0.4, 0.5) is 0 Å². The molecule has 2 atom stereocenters. The molecule has 102 valence electrons. The van der Waals surface area contributed by atoms with Gasteiger partial charge >= 0.3 is 0 Å². The van der Waals surface area contributed by atoms with Crippen LogP contribution in [0.5, 0.6) is 0 Å². The van der Waals surface area contributed by atoms with Gasteiger partial charge in [0.25, 0.3) is 0 Å². The lowest BCUT2D eigenvalue weighted by molar-refractivity contribution is 0.225. The molecule has 0 aromatic rings. The lowest BCUT2D eigenvalue weighted by Gasteiger charge is -2.30. The van der Waals surface area contributed by atoms with Crippen molar-refractivity contribution in [2.45, 2.75) is 50.6 Å². The standard InChI is InChI=1S/C12H22N4O2/c1-11(9-13,5-3-7-17)15-16-12(2,10-14)6-4-8-18/h15-18H,3-8H2,1-2H3. The topological polar surface area (TPSA) is 112 Å². The molecule has 0 aliphatic heterocycles. The van der Waals surface area contributed by atoms with E-state index in [1.165, 1.54) is 0 Å². The van der Waals surface area contributed by atoms with Crippen LogP contribution in [0.2, 0.25) is 0 Å². The molecule has 2 unspecified atom stereocenters. The number of hydrogen-bond acceptors (Lipinski definition) is 6. The molecular weight excluding hydrogens is 232 g/mol. The molecule has 0 fully saturated rings. The summed E-state index contributed by atoms with van der Waals surface area (Å²) in [4.78, 5) is 0. The SMILES string of the molecule is CC(C#N)(CCCO)NNC(C)(C#N)CCCO. The molecule has 0 spiro atoms. The van der Waals surface area contributed by atoms with E-state index in [9.17, 15) is 0 Å². The lowest BCUT2D eigenvalue weighted by atomic mass is 9.97. The zero-order valence-electron chi connectivity index (χ0n) is 11.0. The molecule has 0 rings (SSSR count). The maximum absolute atomic E-state index is 9.10. The Morgan fingerprint density at radius 3 is 1.44 bits per heavy atom. The summed E-state index contributed by atoms with van der Waals surface area (Å²) in [6.45, 7) is 3.47. The zero-order valence-corrected chi connectivity index (χ0v) is 11.0. The van der Waals surface area contributed by atoms with Gasteiger partial charge in [0, 0.05) is 13.2 Å². The van der Waals surface area contributed by atoms with Crippen molar-refractivity contribution in [3.8, 4) is 12.1 Å². The van der Waals surface area contributed by atoms with Crippen molar-refractivity contribution < 1.29 is 10.2 Å². The first kappa shape index (κ1) is 16.8. The Labute approximate surface area is 108 Å². The highest BCUT2D eigenvalue weighted by Gasteiger charge is 2.29. The minimum atomic E-state index is -0.833. The van der Waals surface area contributed by atoms with Crippen LogP contribution < -0.4 is 10.9 Å². The van der Waals surface area contributed by atoms with Crippen molar-refractivity contribution in [1.82, 2.24) is 10.9 Å². The Kier molecular flexibility index (Phi) is 7.49. The third-order valence-corrected chi connectivity index (χ3v) is 2.78. The summed E-state index contributed by atoms with van der Waals surface area (Å²) in [5, 5.41) is 35.8. The van der Waals surface area contributed by atoms with Gasteiger partial charge in [-0.15, -0.1) is 0 Å². The third-order valence-electron chi connectivity index (χ3n) is 2.78. The summed E-state index contributed by atoms with van der Waals surface area (Å²) in [7, 11) is 0. The van der Waals surface area contributed by atoms with E-state index in [1.54, 1.807) is 13.8 Å². The second-order valence-corrected chi connectivity index (χ2v) is 4.79. The summed E-state index contributed by atoms with van der Waals surface area (Å²) >= 11 is 0. The molecule has 6 heteroatoms. The van der Waals surface area contributed by atoms with Crippen molar-refractivity contribution in [3.63, 3.8) is 0 Å². The van der Waals surface area contributed by atoms with E-state index in [4.69, 9.17) is 20.7 Å². The number of hydrazine groups is 1. The average Bonchev–Trinajstić information content (AvgIpc) is 2.40. The molecule has 18 heavy (non-hydrogen) atoms. The van der Waals surface area contributed by atoms with Gasteiger partial charge in [-0.1, -0.05) is 0 Å². The largest absolute Gasteiger partial charge is 0.396 e. The van der Waals surface area contributed by atoms with Gasteiger partial charge in [0.1, 0.15) is 11.1 Å². The summed E-state index contributed by atoms with van der Waals surface area (Å²) in [6, 6.07) is 4.25. The van der Waals surface area contributed by atoms with Gasteiger partial charge in [0.2, 0.25) is 0 Å². The smallest absolute Gasteiger partial charge is 0.116 e. The quantitative estimate of drug-likeness (QED) is 0.437. The highest BCUT2D eigenvalue weighted by molar-refractivity contribution is 5.07. The maximum Gasteiger partial charge on any atom is 0.116 e. The molecule has 0 aliphatic carbocycles. The Balaban J connectivity index is 4.41. The van der Waals surface area contributed by atoms with E-state index in [2.05, 4.69) is 23.0 Å². The lowest BCUT2D eigenvalue weighted by Crippen LogP contribution is -2.57. The van der Waals surface area contributed by atoms with E-state index >= 15 is 0 Å². The van der Waals surface area contributed by atoms with Crippen LogP contribution in [0.15, 0.2) is 0 Å². The van der Waals surface area contributed by atoms with Crippen molar-refractivity contribution in [2.24, 2.45) is 0 Å². The highest BCUT2D eigenvalue weighted by atomic mass is 16.3. The van der Waals surface area contributed by atoms with Crippen LogP contribution in [-0.4, -0.2) is 34.5 Å². The fourth-order valence-corrected chi connectivity index (χ4v) is 1.43. The minimum Gasteiger partial charge on any atom is -0.396 e. The van der Waals surface area contributed by atoms with E-state index in [1.807, 2.05) is 0 Å². The Bertz CT molecular complexity index is 291. The molecule has 0 bridgehead atoms.